The number of amides is 1. The standard InChI is InChI=1S/C32H38N2O7/c1-4-15-40-26-10-7-22(20-27(26)39-5-2)29-28(30(35)23-8-9-25-24(19-23)18-21(3)41-25)31(36)32(37)34(29)12-6-11-33-13-16-38-17-14-33/h4,7-10,19-21,29,35H,1,5-6,11-18H2,2-3H3/t21-,29+/m0/s1. The van der Waals surface area contributed by atoms with Crippen LogP contribution in [0.2, 0.25) is 0 Å². The molecule has 9 heteroatoms. The summed E-state index contributed by atoms with van der Waals surface area (Å²) in [6.07, 6.45) is 3.07. The van der Waals surface area contributed by atoms with Crippen molar-refractivity contribution in [1.82, 2.24) is 9.80 Å². The summed E-state index contributed by atoms with van der Waals surface area (Å²) in [5.74, 6) is 0.277. The van der Waals surface area contributed by atoms with Gasteiger partial charge in [0.05, 0.1) is 31.4 Å². The van der Waals surface area contributed by atoms with E-state index in [0.29, 0.717) is 68.4 Å². The van der Waals surface area contributed by atoms with Gasteiger partial charge in [-0.2, -0.15) is 0 Å². The van der Waals surface area contributed by atoms with Crippen LogP contribution in [0.4, 0.5) is 0 Å². The number of hydrogen-bond acceptors (Lipinski definition) is 8. The van der Waals surface area contributed by atoms with E-state index in [1.165, 1.54) is 0 Å². The van der Waals surface area contributed by atoms with Crippen molar-refractivity contribution in [3.05, 3.63) is 71.3 Å². The molecule has 1 N–H and O–H groups in total. The molecule has 0 spiro atoms. The van der Waals surface area contributed by atoms with Crippen LogP contribution >= 0.6 is 0 Å². The Labute approximate surface area is 240 Å². The van der Waals surface area contributed by atoms with Gasteiger partial charge in [-0.25, -0.2) is 0 Å². The molecule has 5 rings (SSSR count). The van der Waals surface area contributed by atoms with Gasteiger partial charge in [-0.05, 0) is 61.7 Å². The monoisotopic (exact) mass is 562 g/mol. The number of ketones is 1. The van der Waals surface area contributed by atoms with Crippen LogP contribution in [0, 0.1) is 0 Å². The SMILES string of the molecule is C=CCOc1ccc([C@@H]2C(=C(O)c3ccc4c(c3)C[C@H](C)O4)C(=O)C(=O)N2CCCN2CCOCC2)cc1OCC. The summed E-state index contributed by atoms with van der Waals surface area (Å²) in [5.41, 5.74) is 2.16. The molecule has 2 aromatic rings. The molecule has 2 atom stereocenters. The topological polar surface area (TPSA) is 97.8 Å². The van der Waals surface area contributed by atoms with Crippen LogP contribution < -0.4 is 14.2 Å². The van der Waals surface area contributed by atoms with Gasteiger partial charge in [0.2, 0.25) is 0 Å². The first-order valence-electron chi connectivity index (χ1n) is 14.3. The average Bonchev–Trinajstić information content (AvgIpc) is 3.48. The molecule has 41 heavy (non-hydrogen) atoms. The second-order valence-corrected chi connectivity index (χ2v) is 10.5. The lowest BCUT2D eigenvalue weighted by Gasteiger charge is -2.29. The van der Waals surface area contributed by atoms with Crippen molar-refractivity contribution in [2.45, 2.75) is 38.8 Å². The predicted octanol–water partition coefficient (Wildman–Crippen LogP) is 4.12. The van der Waals surface area contributed by atoms with Crippen LogP contribution in [-0.2, 0) is 20.7 Å². The quantitative estimate of drug-likeness (QED) is 0.189. The number of fused-ring (bicyclic) bond motifs is 1. The Bertz CT molecular complexity index is 1330. The summed E-state index contributed by atoms with van der Waals surface area (Å²) in [4.78, 5) is 30.9. The molecule has 3 heterocycles. The minimum absolute atomic E-state index is 0.0400. The maximum absolute atomic E-state index is 13.6. The molecule has 9 nitrogen and oxygen atoms in total. The molecule has 0 unspecified atom stereocenters. The number of morpholine rings is 1. The highest BCUT2D eigenvalue weighted by atomic mass is 16.5. The van der Waals surface area contributed by atoms with Crippen LogP contribution in [0.25, 0.3) is 5.76 Å². The first kappa shape index (κ1) is 28.7. The van der Waals surface area contributed by atoms with Gasteiger partial charge in [-0.3, -0.25) is 14.5 Å². The van der Waals surface area contributed by atoms with Crippen molar-refractivity contribution < 1.29 is 33.6 Å². The number of aliphatic hydroxyl groups excluding tert-OH is 1. The highest BCUT2D eigenvalue weighted by molar-refractivity contribution is 6.46. The molecular formula is C32H38N2O7. The van der Waals surface area contributed by atoms with Crippen LogP contribution in [0.15, 0.2) is 54.6 Å². The van der Waals surface area contributed by atoms with Crippen molar-refractivity contribution in [2.24, 2.45) is 0 Å². The second kappa shape index (κ2) is 12.8. The zero-order valence-corrected chi connectivity index (χ0v) is 23.8. The summed E-state index contributed by atoms with van der Waals surface area (Å²) in [6, 6.07) is 9.97. The molecule has 3 aliphatic rings. The van der Waals surface area contributed by atoms with Crippen LogP contribution in [0.3, 0.4) is 0 Å². The molecule has 0 radical (unpaired) electrons. The Kier molecular flexibility index (Phi) is 8.95. The van der Waals surface area contributed by atoms with E-state index in [1.54, 1.807) is 35.2 Å². The van der Waals surface area contributed by atoms with Gasteiger partial charge < -0.3 is 29.0 Å². The fourth-order valence-corrected chi connectivity index (χ4v) is 5.70. The van der Waals surface area contributed by atoms with E-state index in [2.05, 4.69) is 11.5 Å². The molecule has 0 bridgehead atoms. The summed E-state index contributed by atoms with van der Waals surface area (Å²) >= 11 is 0. The molecular weight excluding hydrogens is 524 g/mol. The number of carbonyl (C=O) groups excluding carboxylic acids is 2. The van der Waals surface area contributed by atoms with Crippen molar-refractivity contribution in [1.29, 1.82) is 0 Å². The third-order valence-corrected chi connectivity index (χ3v) is 7.63. The number of nitrogens with zero attached hydrogens (tertiary/aromatic N) is 2. The lowest BCUT2D eigenvalue weighted by atomic mass is 9.94. The summed E-state index contributed by atoms with van der Waals surface area (Å²) in [6.45, 7) is 12.5. The summed E-state index contributed by atoms with van der Waals surface area (Å²) < 4.78 is 22.9. The number of rotatable bonds is 11. The zero-order chi connectivity index (χ0) is 28.9. The number of carbonyl (C=O) groups is 2. The first-order chi connectivity index (χ1) is 19.9. The largest absolute Gasteiger partial charge is 0.507 e. The molecule has 2 fully saturated rings. The van der Waals surface area contributed by atoms with Crippen molar-refractivity contribution in [3.8, 4) is 17.2 Å². The van der Waals surface area contributed by atoms with Gasteiger partial charge in [0.15, 0.2) is 11.5 Å². The predicted molar refractivity (Wildman–Crippen MR) is 154 cm³/mol. The van der Waals surface area contributed by atoms with Gasteiger partial charge in [0.1, 0.15) is 24.2 Å². The zero-order valence-electron chi connectivity index (χ0n) is 23.8. The fourth-order valence-electron chi connectivity index (χ4n) is 5.70. The van der Waals surface area contributed by atoms with Crippen LogP contribution in [0.1, 0.15) is 43.0 Å². The number of benzene rings is 2. The molecule has 1 amide bonds. The lowest BCUT2D eigenvalue weighted by molar-refractivity contribution is -0.140. The Morgan fingerprint density at radius 1 is 1.10 bits per heavy atom. The normalized spacial score (nSPS) is 22.0. The molecule has 218 valence electrons. The van der Waals surface area contributed by atoms with E-state index in [9.17, 15) is 14.7 Å². The summed E-state index contributed by atoms with van der Waals surface area (Å²) in [7, 11) is 0. The number of likely N-dealkylation sites (tertiary alicyclic amines) is 1. The molecule has 0 aliphatic carbocycles. The smallest absolute Gasteiger partial charge is 0.295 e. The van der Waals surface area contributed by atoms with Gasteiger partial charge in [-0.15, -0.1) is 0 Å². The number of Topliss-reactive ketones (excluding diaryl/α,β-unsaturated/α-hetero) is 1. The minimum Gasteiger partial charge on any atom is -0.507 e. The Balaban J connectivity index is 1.53. The van der Waals surface area contributed by atoms with Crippen molar-refractivity contribution in [3.63, 3.8) is 0 Å². The van der Waals surface area contributed by atoms with E-state index in [-0.39, 0.29) is 17.4 Å². The Morgan fingerprint density at radius 2 is 1.90 bits per heavy atom. The van der Waals surface area contributed by atoms with Gasteiger partial charge >= 0.3 is 0 Å². The third-order valence-electron chi connectivity index (χ3n) is 7.63. The van der Waals surface area contributed by atoms with E-state index >= 15 is 0 Å². The van der Waals surface area contributed by atoms with Gasteiger partial charge in [0.25, 0.3) is 11.7 Å². The third kappa shape index (κ3) is 6.11. The maximum atomic E-state index is 13.6. The maximum Gasteiger partial charge on any atom is 0.295 e. The van der Waals surface area contributed by atoms with E-state index in [0.717, 1.165) is 30.9 Å². The second-order valence-electron chi connectivity index (χ2n) is 10.5. The first-order valence-corrected chi connectivity index (χ1v) is 14.3. The fraction of sp³-hybridized carbons (Fsp3) is 0.438. The number of hydrogen-bond donors (Lipinski definition) is 1. The minimum atomic E-state index is -0.782. The molecule has 0 aromatic heterocycles. The summed E-state index contributed by atoms with van der Waals surface area (Å²) in [5, 5.41) is 11.6. The highest BCUT2D eigenvalue weighted by Crippen LogP contribution is 2.43. The van der Waals surface area contributed by atoms with E-state index < -0.39 is 17.7 Å². The average molecular weight is 563 g/mol. The Morgan fingerprint density at radius 3 is 2.66 bits per heavy atom. The lowest BCUT2D eigenvalue weighted by Crippen LogP contribution is -2.39. The van der Waals surface area contributed by atoms with Crippen LogP contribution in [0.5, 0.6) is 17.2 Å². The van der Waals surface area contributed by atoms with Crippen molar-refractivity contribution >= 4 is 17.4 Å². The Hall–Kier alpha value is -3.82. The molecule has 0 saturated carbocycles. The van der Waals surface area contributed by atoms with Gasteiger partial charge in [-0.1, -0.05) is 18.7 Å². The molecule has 2 saturated heterocycles. The molecule has 3 aliphatic heterocycles. The highest BCUT2D eigenvalue weighted by Gasteiger charge is 2.46. The van der Waals surface area contributed by atoms with E-state index in [1.807, 2.05) is 26.0 Å². The molecule has 2 aromatic carbocycles. The number of ether oxygens (including phenoxy) is 4. The van der Waals surface area contributed by atoms with Crippen molar-refractivity contribution in [2.75, 3.05) is 52.6 Å². The van der Waals surface area contributed by atoms with E-state index in [4.69, 9.17) is 18.9 Å². The van der Waals surface area contributed by atoms with Gasteiger partial charge in [0, 0.05) is 38.2 Å². The van der Waals surface area contributed by atoms with Crippen LogP contribution in [-0.4, -0.2) is 85.3 Å². The number of aliphatic hydroxyl groups is 1.